The van der Waals surface area contributed by atoms with Crippen molar-refractivity contribution in [2.75, 3.05) is 5.32 Å². The summed E-state index contributed by atoms with van der Waals surface area (Å²) < 4.78 is 0. The molecule has 1 aliphatic rings. The van der Waals surface area contributed by atoms with Gasteiger partial charge >= 0.3 is 0 Å². The predicted octanol–water partition coefficient (Wildman–Crippen LogP) is 4.36. The van der Waals surface area contributed by atoms with Gasteiger partial charge in [0.1, 0.15) is 0 Å². The second-order valence-corrected chi connectivity index (χ2v) is 6.24. The van der Waals surface area contributed by atoms with Gasteiger partial charge < -0.3 is 10.6 Å². The second-order valence-electron chi connectivity index (χ2n) is 5.84. The van der Waals surface area contributed by atoms with Crippen LogP contribution in [0.3, 0.4) is 0 Å². The second kappa shape index (κ2) is 7.38. The van der Waals surface area contributed by atoms with E-state index in [-0.39, 0.29) is 11.8 Å². The Balaban J connectivity index is 1.70. The molecule has 0 heterocycles. The fourth-order valence-electron chi connectivity index (χ4n) is 3.02. The highest BCUT2D eigenvalue weighted by atomic mass is 32.1. The minimum Gasteiger partial charge on any atom is -0.332 e. The molecule has 0 spiro atoms. The fourth-order valence-corrected chi connectivity index (χ4v) is 3.23. The fraction of sp³-hybridized carbons (Fsp3) is 0.263. The summed E-state index contributed by atoms with van der Waals surface area (Å²) in [5.41, 5.74) is 3.07. The van der Waals surface area contributed by atoms with Gasteiger partial charge in [-0.25, -0.2) is 0 Å². The third kappa shape index (κ3) is 3.96. The van der Waals surface area contributed by atoms with E-state index < -0.39 is 0 Å². The Morgan fingerprint density at radius 2 is 1.61 bits per heavy atom. The maximum atomic E-state index is 12.2. The van der Waals surface area contributed by atoms with Gasteiger partial charge in [-0.15, -0.1) is 0 Å². The van der Waals surface area contributed by atoms with Gasteiger partial charge in [-0.1, -0.05) is 61.4 Å². The Bertz CT molecular complexity index is 694. The standard InChI is InChI=1S/C19H20N2OS/c22-18(15-10-4-5-11-15)21-19(23)20-17-13-7-6-12-16(17)14-8-2-1-3-9-14/h1-3,6-9,12-13,15H,4-5,10-11H2,(H2,20,21,22,23). The van der Waals surface area contributed by atoms with Crippen LogP contribution in [0.4, 0.5) is 5.69 Å². The first kappa shape index (κ1) is 15.7. The molecule has 1 fully saturated rings. The number of hydrogen-bond acceptors (Lipinski definition) is 2. The Hall–Kier alpha value is -2.20. The molecule has 1 aliphatic carbocycles. The van der Waals surface area contributed by atoms with Gasteiger partial charge in [0.05, 0.1) is 0 Å². The first-order valence-electron chi connectivity index (χ1n) is 8.00. The third-order valence-corrected chi connectivity index (χ3v) is 4.43. The third-order valence-electron chi connectivity index (χ3n) is 4.22. The number of hydrogen-bond donors (Lipinski definition) is 2. The van der Waals surface area contributed by atoms with Crippen molar-refractivity contribution in [3.8, 4) is 11.1 Å². The molecule has 1 saturated carbocycles. The molecule has 3 nitrogen and oxygen atoms in total. The summed E-state index contributed by atoms with van der Waals surface area (Å²) in [6.07, 6.45) is 4.20. The number of rotatable bonds is 3. The highest BCUT2D eigenvalue weighted by Gasteiger charge is 2.23. The monoisotopic (exact) mass is 324 g/mol. The van der Waals surface area contributed by atoms with Crippen LogP contribution in [-0.4, -0.2) is 11.0 Å². The number of anilines is 1. The van der Waals surface area contributed by atoms with Crippen LogP contribution < -0.4 is 10.6 Å². The van der Waals surface area contributed by atoms with E-state index in [1.54, 1.807) is 0 Å². The molecule has 0 saturated heterocycles. The Kier molecular flexibility index (Phi) is 5.03. The lowest BCUT2D eigenvalue weighted by atomic mass is 10.0. The normalized spacial score (nSPS) is 14.4. The number of amides is 1. The van der Waals surface area contributed by atoms with Crippen molar-refractivity contribution < 1.29 is 4.79 Å². The molecule has 0 aliphatic heterocycles. The summed E-state index contributed by atoms with van der Waals surface area (Å²) >= 11 is 5.31. The van der Waals surface area contributed by atoms with Gasteiger partial charge in [0.15, 0.2) is 5.11 Å². The van der Waals surface area contributed by atoms with E-state index >= 15 is 0 Å². The maximum absolute atomic E-state index is 12.2. The molecule has 118 valence electrons. The van der Waals surface area contributed by atoms with Gasteiger partial charge in [0.2, 0.25) is 5.91 Å². The average molecular weight is 324 g/mol. The van der Waals surface area contributed by atoms with E-state index in [0.29, 0.717) is 5.11 Å². The molecular weight excluding hydrogens is 304 g/mol. The van der Waals surface area contributed by atoms with Crippen molar-refractivity contribution in [3.05, 3.63) is 54.6 Å². The number of thiocarbonyl (C=S) groups is 1. The number of para-hydroxylation sites is 1. The zero-order valence-corrected chi connectivity index (χ0v) is 13.7. The Labute approximate surface area is 142 Å². The van der Waals surface area contributed by atoms with E-state index in [1.807, 2.05) is 42.5 Å². The number of carbonyl (C=O) groups is 1. The molecule has 4 heteroatoms. The first-order valence-corrected chi connectivity index (χ1v) is 8.41. The zero-order chi connectivity index (χ0) is 16.1. The summed E-state index contributed by atoms with van der Waals surface area (Å²) in [5.74, 6) is 0.149. The largest absolute Gasteiger partial charge is 0.332 e. The molecule has 1 amide bonds. The summed E-state index contributed by atoms with van der Waals surface area (Å²) in [6.45, 7) is 0. The molecule has 2 N–H and O–H groups in total. The van der Waals surface area contributed by atoms with Crippen molar-refractivity contribution in [1.29, 1.82) is 0 Å². The van der Waals surface area contributed by atoms with E-state index in [1.165, 1.54) is 0 Å². The number of carbonyl (C=O) groups excluding carboxylic acids is 1. The Morgan fingerprint density at radius 3 is 2.35 bits per heavy atom. The van der Waals surface area contributed by atoms with Crippen LogP contribution >= 0.6 is 12.2 Å². The van der Waals surface area contributed by atoms with Gasteiger partial charge in [0, 0.05) is 17.2 Å². The lowest BCUT2D eigenvalue weighted by molar-refractivity contribution is -0.123. The van der Waals surface area contributed by atoms with Crippen LogP contribution in [0.2, 0.25) is 0 Å². The van der Waals surface area contributed by atoms with Crippen molar-refractivity contribution in [1.82, 2.24) is 5.32 Å². The molecule has 3 rings (SSSR count). The van der Waals surface area contributed by atoms with E-state index in [0.717, 1.165) is 42.5 Å². The maximum Gasteiger partial charge on any atom is 0.229 e. The van der Waals surface area contributed by atoms with Crippen molar-refractivity contribution in [3.63, 3.8) is 0 Å². The van der Waals surface area contributed by atoms with Crippen molar-refractivity contribution >= 4 is 28.9 Å². The Morgan fingerprint density at radius 1 is 0.957 bits per heavy atom. The molecule has 2 aromatic rings. The quantitative estimate of drug-likeness (QED) is 0.824. The summed E-state index contributed by atoms with van der Waals surface area (Å²) in [7, 11) is 0. The molecule has 0 atom stereocenters. The smallest absolute Gasteiger partial charge is 0.229 e. The molecule has 0 radical (unpaired) electrons. The minimum atomic E-state index is 0.0391. The highest BCUT2D eigenvalue weighted by molar-refractivity contribution is 7.80. The number of nitrogens with one attached hydrogen (secondary N) is 2. The number of benzene rings is 2. The molecule has 0 aromatic heterocycles. The average Bonchev–Trinajstić information content (AvgIpc) is 3.11. The lowest BCUT2D eigenvalue weighted by Crippen LogP contribution is -2.37. The van der Waals surface area contributed by atoms with Crippen LogP contribution in [-0.2, 0) is 4.79 Å². The van der Waals surface area contributed by atoms with E-state index in [4.69, 9.17) is 12.2 Å². The highest BCUT2D eigenvalue weighted by Crippen LogP contribution is 2.28. The van der Waals surface area contributed by atoms with Gasteiger partial charge in [-0.05, 0) is 36.7 Å². The molecular formula is C19H20N2OS. The molecule has 0 unspecified atom stereocenters. The minimum absolute atomic E-state index is 0.0391. The topological polar surface area (TPSA) is 41.1 Å². The molecule has 2 aromatic carbocycles. The van der Waals surface area contributed by atoms with Crippen molar-refractivity contribution in [2.24, 2.45) is 5.92 Å². The van der Waals surface area contributed by atoms with E-state index in [2.05, 4.69) is 22.8 Å². The summed E-state index contributed by atoms with van der Waals surface area (Å²) in [5, 5.41) is 6.36. The van der Waals surface area contributed by atoms with Crippen LogP contribution in [0, 0.1) is 5.92 Å². The van der Waals surface area contributed by atoms with Crippen LogP contribution in [0.25, 0.3) is 11.1 Å². The predicted molar refractivity (Wildman–Crippen MR) is 98.2 cm³/mol. The van der Waals surface area contributed by atoms with Crippen LogP contribution in [0.15, 0.2) is 54.6 Å². The van der Waals surface area contributed by atoms with Gasteiger partial charge in [-0.2, -0.15) is 0 Å². The van der Waals surface area contributed by atoms with Gasteiger partial charge in [0.25, 0.3) is 0 Å². The lowest BCUT2D eigenvalue weighted by Gasteiger charge is -2.15. The summed E-state index contributed by atoms with van der Waals surface area (Å²) in [4.78, 5) is 12.2. The first-order chi connectivity index (χ1) is 11.2. The van der Waals surface area contributed by atoms with Gasteiger partial charge in [-0.3, -0.25) is 4.79 Å². The zero-order valence-electron chi connectivity index (χ0n) is 12.9. The van der Waals surface area contributed by atoms with E-state index in [9.17, 15) is 4.79 Å². The van der Waals surface area contributed by atoms with Crippen molar-refractivity contribution in [2.45, 2.75) is 25.7 Å². The van der Waals surface area contributed by atoms with Crippen LogP contribution in [0.1, 0.15) is 25.7 Å². The molecule has 0 bridgehead atoms. The molecule has 23 heavy (non-hydrogen) atoms. The van der Waals surface area contributed by atoms with Crippen LogP contribution in [0.5, 0.6) is 0 Å². The SMILES string of the molecule is O=C(NC(=S)Nc1ccccc1-c1ccccc1)C1CCCC1. The summed E-state index contributed by atoms with van der Waals surface area (Å²) in [6, 6.07) is 18.1.